The van der Waals surface area contributed by atoms with Gasteiger partial charge in [-0.2, -0.15) is 13.2 Å². The normalized spacial score (nSPS) is 15.8. The number of anilines is 1. The van der Waals surface area contributed by atoms with Gasteiger partial charge in [0.15, 0.2) is 0 Å². The summed E-state index contributed by atoms with van der Waals surface area (Å²) in [7, 11) is 1.83. The monoisotopic (exact) mass is 702 g/mol. The second kappa shape index (κ2) is 15.1. The Kier molecular flexibility index (Phi) is 10.4. The Balaban J connectivity index is 0.959. The number of amides is 4. The summed E-state index contributed by atoms with van der Waals surface area (Å²) >= 11 is 0. The van der Waals surface area contributed by atoms with Crippen LogP contribution in [0.25, 0.3) is 11.3 Å². The molecule has 0 bridgehead atoms. The van der Waals surface area contributed by atoms with Crippen molar-refractivity contribution in [1.29, 1.82) is 0 Å². The number of ether oxygens (including phenoxy) is 1. The zero-order chi connectivity index (χ0) is 36.1. The van der Waals surface area contributed by atoms with E-state index in [9.17, 15) is 32.3 Å². The number of nitrogens with one attached hydrogen (secondary N) is 3. The predicted molar refractivity (Wildman–Crippen MR) is 182 cm³/mol. The number of aromatic nitrogens is 2. The number of benzene rings is 3. The second-order valence-electron chi connectivity index (χ2n) is 12.6. The lowest BCUT2D eigenvalue weighted by atomic mass is 10.0. The third-order valence-corrected chi connectivity index (χ3v) is 8.90. The van der Waals surface area contributed by atoms with E-state index in [1.807, 2.05) is 19.3 Å². The van der Waals surface area contributed by atoms with E-state index in [0.717, 1.165) is 37.0 Å². The molecule has 1 fully saturated rings. The first kappa shape index (κ1) is 35.2. The summed E-state index contributed by atoms with van der Waals surface area (Å²) in [6.07, 6.45) is 1.86. The topological polar surface area (TPSA) is 135 Å². The Labute approximate surface area is 292 Å². The van der Waals surface area contributed by atoms with Gasteiger partial charge in [0.1, 0.15) is 11.8 Å². The van der Waals surface area contributed by atoms with E-state index >= 15 is 0 Å². The number of imide groups is 1. The molecule has 0 spiro atoms. The molecule has 2 aliphatic heterocycles. The zero-order valence-corrected chi connectivity index (χ0v) is 27.9. The van der Waals surface area contributed by atoms with Gasteiger partial charge in [-0.05, 0) is 85.3 Å². The number of hydrogen-bond acceptors (Lipinski definition) is 7. The Morgan fingerprint density at radius 1 is 1.00 bits per heavy atom. The van der Waals surface area contributed by atoms with Gasteiger partial charge in [-0.1, -0.05) is 12.1 Å². The van der Waals surface area contributed by atoms with Gasteiger partial charge in [-0.15, -0.1) is 0 Å². The summed E-state index contributed by atoms with van der Waals surface area (Å²) in [6.45, 7) is 1.47. The van der Waals surface area contributed by atoms with Crippen molar-refractivity contribution in [3.8, 4) is 17.0 Å². The molecular weight excluding hydrogens is 665 g/mol. The summed E-state index contributed by atoms with van der Waals surface area (Å²) in [5.41, 5.74) is 3.73. The summed E-state index contributed by atoms with van der Waals surface area (Å²) in [5.74, 6) is -0.617. The van der Waals surface area contributed by atoms with Crippen LogP contribution in [0, 0.1) is 0 Å². The lowest BCUT2D eigenvalue weighted by Gasteiger charge is -2.29. The molecular formula is C37H37F3N6O5. The van der Waals surface area contributed by atoms with Crippen LogP contribution in [0.3, 0.4) is 0 Å². The first-order chi connectivity index (χ1) is 24.5. The van der Waals surface area contributed by atoms with Crippen LogP contribution in [0.4, 0.5) is 18.9 Å². The maximum atomic E-state index is 13.0. The molecule has 0 saturated carbocycles. The third kappa shape index (κ3) is 8.39. The molecule has 1 atom stereocenters. The highest BCUT2D eigenvalue weighted by molar-refractivity contribution is 6.05. The van der Waals surface area contributed by atoms with Crippen LogP contribution in [0.15, 0.2) is 73.2 Å². The molecule has 6 rings (SSSR count). The summed E-state index contributed by atoms with van der Waals surface area (Å²) in [6, 6.07) is 14.8. The van der Waals surface area contributed by atoms with E-state index in [-0.39, 0.29) is 37.2 Å². The number of alkyl halides is 3. The van der Waals surface area contributed by atoms with Gasteiger partial charge < -0.3 is 24.8 Å². The molecule has 266 valence electrons. The lowest BCUT2D eigenvalue weighted by molar-refractivity contribution is -0.138. The minimum atomic E-state index is -4.40. The van der Waals surface area contributed by atoms with Gasteiger partial charge in [-0.3, -0.25) is 24.5 Å². The summed E-state index contributed by atoms with van der Waals surface area (Å²) in [5, 5.41) is 8.52. The molecule has 1 saturated heterocycles. The van der Waals surface area contributed by atoms with E-state index in [1.165, 1.54) is 17.0 Å². The molecule has 1 aromatic heterocycles. The summed E-state index contributed by atoms with van der Waals surface area (Å²) in [4.78, 5) is 55.7. The highest BCUT2D eigenvalue weighted by Crippen LogP contribution is 2.32. The molecule has 11 nitrogen and oxygen atoms in total. The minimum Gasteiger partial charge on any atom is -0.494 e. The van der Waals surface area contributed by atoms with Crippen molar-refractivity contribution >= 4 is 29.3 Å². The zero-order valence-electron chi connectivity index (χ0n) is 27.9. The van der Waals surface area contributed by atoms with Gasteiger partial charge in [0.2, 0.25) is 11.8 Å². The third-order valence-electron chi connectivity index (χ3n) is 8.90. The number of imidazole rings is 1. The van der Waals surface area contributed by atoms with Crippen LogP contribution in [0.2, 0.25) is 0 Å². The fourth-order valence-corrected chi connectivity index (χ4v) is 6.15. The van der Waals surface area contributed by atoms with Crippen LogP contribution >= 0.6 is 0 Å². The molecule has 4 amide bonds. The number of rotatable bonds is 13. The van der Waals surface area contributed by atoms with Crippen molar-refractivity contribution < 1.29 is 37.1 Å². The molecule has 3 aromatic carbocycles. The Morgan fingerprint density at radius 3 is 2.53 bits per heavy atom. The molecule has 0 aliphatic carbocycles. The van der Waals surface area contributed by atoms with Crippen molar-refractivity contribution in [3.05, 3.63) is 101 Å². The average Bonchev–Trinajstić information content (AvgIpc) is 3.68. The fraction of sp³-hybridized carbons (Fsp3) is 0.324. The smallest absolute Gasteiger partial charge is 0.416 e. The summed E-state index contributed by atoms with van der Waals surface area (Å²) < 4.78 is 46.5. The number of piperidine rings is 1. The van der Waals surface area contributed by atoms with Crippen molar-refractivity contribution in [3.63, 3.8) is 0 Å². The number of unbranched alkanes of at least 4 members (excludes halogenated alkanes) is 2. The number of fused-ring (bicyclic) bond motifs is 1. The van der Waals surface area contributed by atoms with E-state index in [1.54, 1.807) is 41.2 Å². The highest BCUT2D eigenvalue weighted by Gasteiger charge is 2.39. The minimum absolute atomic E-state index is 0.200. The SMILES string of the molecule is Cn1cnc(-c2cc(C(=O)NCCCCCOc3ccc4c(c3)CN([C@@H]3CCC(=O)NC3=O)C4=O)ccc2NCc2ccc(C(F)(F)F)cc2)c1. The van der Waals surface area contributed by atoms with Gasteiger partial charge in [0.05, 0.1) is 24.2 Å². The Bertz CT molecular complexity index is 1940. The van der Waals surface area contributed by atoms with Crippen molar-refractivity contribution in [2.24, 2.45) is 7.05 Å². The molecule has 3 N–H and O–H groups in total. The number of carbonyl (C=O) groups excluding carboxylic acids is 4. The molecule has 2 aliphatic rings. The fourth-order valence-electron chi connectivity index (χ4n) is 6.15. The molecule has 0 unspecified atom stereocenters. The number of halogens is 3. The number of aryl methyl sites for hydroxylation is 1. The van der Waals surface area contributed by atoms with Gasteiger partial charge in [-0.25, -0.2) is 4.98 Å². The van der Waals surface area contributed by atoms with E-state index < -0.39 is 23.7 Å². The van der Waals surface area contributed by atoms with Crippen molar-refractivity contribution in [1.82, 2.24) is 25.1 Å². The molecule has 0 radical (unpaired) electrons. The Morgan fingerprint density at radius 2 is 1.80 bits per heavy atom. The largest absolute Gasteiger partial charge is 0.494 e. The van der Waals surface area contributed by atoms with E-state index in [0.29, 0.717) is 59.0 Å². The molecule has 51 heavy (non-hydrogen) atoms. The van der Waals surface area contributed by atoms with Crippen LogP contribution in [-0.4, -0.2) is 57.3 Å². The predicted octanol–water partition coefficient (Wildman–Crippen LogP) is 5.46. The maximum absolute atomic E-state index is 13.0. The van der Waals surface area contributed by atoms with E-state index in [2.05, 4.69) is 20.9 Å². The van der Waals surface area contributed by atoms with E-state index in [4.69, 9.17) is 4.74 Å². The van der Waals surface area contributed by atoms with Gasteiger partial charge in [0, 0.05) is 61.7 Å². The number of carbonyl (C=O) groups is 4. The van der Waals surface area contributed by atoms with Crippen LogP contribution < -0.4 is 20.7 Å². The Hall–Kier alpha value is -5.66. The molecule has 4 aromatic rings. The van der Waals surface area contributed by atoms with Gasteiger partial charge >= 0.3 is 6.18 Å². The first-order valence-corrected chi connectivity index (χ1v) is 16.7. The highest BCUT2D eigenvalue weighted by atomic mass is 19.4. The number of nitrogens with zero attached hydrogens (tertiary/aromatic N) is 3. The molecule has 3 heterocycles. The maximum Gasteiger partial charge on any atom is 0.416 e. The van der Waals surface area contributed by atoms with Crippen LogP contribution in [-0.2, 0) is 35.9 Å². The van der Waals surface area contributed by atoms with Crippen molar-refractivity contribution in [2.45, 2.75) is 57.4 Å². The quantitative estimate of drug-likeness (QED) is 0.125. The molecule has 14 heteroatoms. The van der Waals surface area contributed by atoms with Crippen LogP contribution in [0.5, 0.6) is 5.75 Å². The van der Waals surface area contributed by atoms with Gasteiger partial charge in [0.25, 0.3) is 11.8 Å². The standard InChI is InChI=1S/C37H37F3N6O5/c1-45-21-31(43-22-45)29-18-24(7-12-30(29)42-19-23-5-8-26(9-6-23)37(38,39)40)34(48)41-15-3-2-4-16-51-27-10-11-28-25(17-27)20-46(36(28)50)32-13-14-33(47)44-35(32)49/h5-12,17-18,21-22,32,42H,2-4,13-16,19-20H2,1H3,(H,41,48)(H,44,47,49)/t32-/m1/s1. The van der Waals surface area contributed by atoms with Crippen molar-refractivity contribution in [2.75, 3.05) is 18.5 Å². The first-order valence-electron chi connectivity index (χ1n) is 16.7. The second-order valence-corrected chi connectivity index (χ2v) is 12.6. The lowest BCUT2D eigenvalue weighted by Crippen LogP contribution is -2.52. The number of hydrogen-bond donors (Lipinski definition) is 3. The van der Waals surface area contributed by atoms with Crippen LogP contribution in [0.1, 0.15) is 69.5 Å². The average molecular weight is 703 g/mol.